The number of amides is 1. The molecule has 0 N–H and O–H groups in total. The van der Waals surface area contributed by atoms with E-state index in [1.807, 2.05) is 7.05 Å². The molecule has 0 unspecified atom stereocenters. The SMILES string of the molecule is CN(C(=O)c1cc(Cl)ccn1)C1CCCC1. The van der Waals surface area contributed by atoms with Crippen LogP contribution in [0.2, 0.25) is 5.02 Å². The summed E-state index contributed by atoms with van der Waals surface area (Å²) in [6.07, 6.45) is 6.19. The summed E-state index contributed by atoms with van der Waals surface area (Å²) < 4.78 is 0. The fourth-order valence-electron chi connectivity index (χ4n) is 2.16. The van der Waals surface area contributed by atoms with E-state index < -0.39 is 0 Å². The van der Waals surface area contributed by atoms with Gasteiger partial charge < -0.3 is 4.90 Å². The van der Waals surface area contributed by atoms with Gasteiger partial charge in [-0.3, -0.25) is 9.78 Å². The van der Waals surface area contributed by atoms with E-state index in [0.717, 1.165) is 12.8 Å². The van der Waals surface area contributed by atoms with E-state index >= 15 is 0 Å². The van der Waals surface area contributed by atoms with Crippen LogP contribution >= 0.6 is 11.6 Å². The maximum Gasteiger partial charge on any atom is 0.272 e. The molecule has 3 nitrogen and oxygen atoms in total. The molecular weight excluding hydrogens is 224 g/mol. The first-order valence-electron chi connectivity index (χ1n) is 5.57. The largest absolute Gasteiger partial charge is 0.337 e. The van der Waals surface area contributed by atoms with Crippen molar-refractivity contribution in [3.63, 3.8) is 0 Å². The van der Waals surface area contributed by atoms with E-state index in [0.29, 0.717) is 16.8 Å². The van der Waals surface area contributed by atoms with Gasteiger partial charge in [-0.2, -0.15) is 0 Å². The normalized spacial score (nSPS) is 16.4. The molecule has 1 aromatic heterocycles. The molecule has 1 aliphatic carbocycles. The Bertz CT molecular complexity index is 388. The van der Waals surface area contributed by atoms with Crippen LogP contribution in [0.3, 0.4) is 0 Å². The number of carbonyl (C=O) groups is 1. The average molecular weight is 239 g/mol. The maximum absolute atomic E-state index is 12.1. The van der Waals surface area contributed by atoms with Gasteiger partial charge in [0.1, 0.15) is 5.69 Å². The van der Waals surface area contributed by atoms with Crippen molar-refractivity contribution in [1.82, 2.24) is 9.88 Å². The van der Waals surface area contributed by atoms with Gasteiger partial charge in [0.05, 0.1) is 0 Å². The lowest BCUT2D eigenvalue weighted by molar-refractivity contribution is 0.0729. The number of hydrogen-bond donors (Lipinski definition) is 0. The van der Waals surface area contributed by atoms with Crippen molar-refractivity contribution in [2.45, 2.75) is 31.7 Å². The molecule has 4 heteroatoms. The topological polar surface area (TPSA) is 33.2 Å². The maximum atomic E-state index is 12.1. The van der Waals surface area contributed by atoms with Gasteiger partial charge in [-0.15, -0.1) is 0 Å². The summed E-state index contributed by atoms with van der Waals surface area (Å²) in [7, 11) is 1.85. The lowest BCUT2D eigenvalue weighted by atomic mass is 10.2. The second-order valence-electron chi connectivity index (χ2n) is 4.21. The summed E-state index contributed by atoms with van der Waals surface area (Å²) >= 11 is 5.84. The highest BCUT2D eigenvalue weighted by atomic mass is 35.5. The minimum atomic E-state index is -0.0330. The molecule has 2 rings (SSSR count). The first-order chi connectivity index (χ1) is 7.68. The third-order valence-corrected chi connectivity index (χ3v) is 3.37. The molecule has 1 heterocycles. The van der Waals surface area contributed by atoms with Crippen molar-refractivity contribution in [2.75, 3.05) is 7.05 Å². The summed E-state index contributed by atoms with van der Waals surface area (Å²) in [5, 5.41) is 0.554. The third-order valence-electron chi connectivity index (χ3n) is 3.13. The zero-order valence-corrected chi connectivity index (χ0v) is 10.1. The van der Waals surface area contributed by atoms with Crippen LogP contribution in [-0.2, 0) is 0 Å². The highest BCUT2D eigenvalue weighted by molar-refractivity contribution is 6.30. The molecule has 16 heavy (non-hydrogen) atoms. The Kier molecular flexibility index (Phi) is 3.44. The molecule has 1 amide bonds. The Labute approximate surface area is 100 Å². The smallest absolute Gasteiger partial charge is 0.272 e. The first kappa shape index (κ1) is 11.4. The minimum Gasteiger partial charge on any atom is -0.337 e. The standard InChI is InChI=1S/C12H15ClN2O/c1-15(10-4-2-3-5-10)12(16)11-8-9(13)6-7-14-11/h6-8,10H,2-5H2,1H3. The Hall–Kier alpha value is -1.09. The molecule has 1 fully saturated rings. The molecule has 0 saturated heterocycles. The fourth-order valence-corrected chi connectivity index (χ4v) is 2.32. The van der Waals surface area contributed by atoms with Gasteiger partial charge in [-0.1, -0.05) is 24.4 Å². The molecular formula is C12H15ClN2O. The molecule has 1 aromatic rings. The van der Waals surface area contributed by atoms with Crippen molar-refractivity contribution in [3.05, 3.63) is 29.0 Å². The van der Waals surface area contributed by atoms with Gasteiger partial charge in [0.25, 0.3) is 5.91 Å². The Morgan fingerprint density at radius 1 is 1.50 bits per heavy atom. The Morgan fingerprint density at radius 3 is 2.81 bits per heavy atom. The van der Waals surface area contributed by atoms with E-state index in [-0.39, 0.29) is 5.91 Å². The number of hydrogen-bond acceptors (Lipinski definition) is 2. The van der Waals surface area contributed by atoms with Crippen molar-refractivity contribution in [1.29, 1.82) is 0 Å². The van der Waals surface area contributed by atoms with Gasteiger partial charge in [0.15, 0.2) is 0 Å². The predicted octanol–water partition coefficient (Wildman–Crippen LogP) is 2.75. The van der Waals surface area contributed by atoms with Crippen LogP contribution in [0.25, 0.3) is 0 Å². The van der Waals surface area contributed by atoms with Crippen molar-refractivity contribution >= 4 is 17.5 Å². The number of carbonyl (C=O) groups excluding carboxylic acids is 1. The summed E-state index contributed by atoms with van der Waals surface area (Å²) in [5.74, 6) is -0.0330. The lowest BCUT2D eigenvalue weighted by Gasteiger charge is -2.23. The van der Waals surface area contributed by atoms with Crippen molar-refractivity contribution in [2.24, 2.45) is 0 Å². The monoisotopic (exact) mass is 238 g/mol. The molecule has 0 spiro atoms. The van der Waals surface area contributed by atoms with E-state index in [2.05, 4.69) is 4.98 Å². The van der Waals surface area contributed by atoms with Gasteiger partial charge >= 0.3 is 0 Å². The molecule has 0 aromatic carbocycles. The number of rotatable bonds is 2. The summed E-state index contributed by atoms with van der Waals surface area (Å²) in [6.45, 7) is 0. The van der Waals surface area contributed by atoms with Crippen LogP contribution < -0.4 is 0 Å². The van der Waals surface area contributed by atoms with Crippen LogP contribution in [0.15, 0.2) is 18.3 Å². The zero-order valence-electron chi connectivity index (χ0n) is 9.32. The average Bonchev–Trinajstić information content (AvgIpc) is 2.80. The van der Waals surface area contributed by atoms with Gasteiger partial charge in [-0.05, 0) is 25.0 Å². The summed E-state index contributed by atoms with van der Waals surface area (Å²) in [6, 6.07) is 3.66. The quantitative estimate of drug-likeness (QED) is 0.794. The number of nitrogens with zero attached hydrogens (tertiary/aromatic N) is 2. The summed E-state index contributed by atoms with van der Waals surface area (Å²) in [5.41, 5.74) is 0.432. The van der Waals surface area contributed by atoms with Crippen LogP contribution in [0, 0.1) is 0 Å². The molecule has 0 radical (unpaired) electrons. The molecule has 0 bridgehead atoms. The van der Waals surface area contributed by atoms with Crippen LogP contribution in [0.5, 0.6) is 0 Å². The zero-order chi connectivity index (χ0) is 11.5. The number of halogens is 1. The van der Waals surface area contributed by atoms with Gasteiger partial charge in [-0.25, -0.2) is 0 Å². The molecule has 1 saturated carbocycles. The second-order valence-corrected chi connectivity index (χ2v) is 4.65. The lowest BCUT2D eigenvalue weighted by Crippen LogP contribution is -2.35. The Balaban J connectivity index is 2.12. The second kappa shape index (κ2) is 4.83. The van der Waals surface area contributed by atoms with E-state index in [4.69, 9.17) is 11.6 Å². The van der Waals surface area contributed by atoms with Crippen LogP contribution in [0.1, 0.15) is 36.2 Å². The fraction of sp³-hybridized carbons (Fsp3) is 0.500. The van der Waals surface area contributed by atoms with E-state index in [9.17, 15) is 4.79 Å². The summed E-state index contributed by atoms with van der Waals surface area (Å²) in [4.78, 5) is 17.9. The molecule has 86 valence electrons. The van der Waals surface area contributed by atoms with Gasteiger partial charge in [0.2, 0.25) is 0 Å². The predicted molar refractivity (Wildman–Crippen MR) is 63.6 cm³/mol. The van der Waals surface area contributed by atoms with Gasteiger partial charge in [0, 0.05) is 24.3 Å². The highest BCUT2D eigenvalue weighted by Gasteiger charge is 2.24. The van der Waals surface area contributed by atoms with E-state index in [1.54, 1.807) is 23.2 Å². The molecule has 1 aliphatic rings. The first-order valence-corrected chi connectivity index (χ1v) is 5.95. The Morgan fingerprint density at radius 2 is 2.19 bits per heavy atom. The van der Waals surface area contributed by atoms with Crippen molar-refractivity contribution in [3.8, 4) is 0 Å². The highest BCUT2D eigenvalue weighted by Crippen LogP contribution is 2.23. The van der Waals surface area contributed by atoms with Crippen LogP contribution in [-0.4, -0.2) is 28.9 Å². The molecule has 0 aliphatic heterocycles. The van der Waals surface area contributed by atoms with Crippen molar-refractivity contribution < 1.29 is 4.79 Å². The molecule has 0 atom stereocenters. The van der Waals surface area contributed by atoms with E-state index in [1.165, 1.54) is 12.8 Å². The van der Waals surface area contributed by atoms with Crippen LogP contribution in [0.4, 0.5) is 0 Å². The third kappa shape index (κ3) is 2.35. The number of aromatic nitrogens is 1. The minimum absolute atomic E-state index is 0.0330. The number of pyridine rings is 1.